The first-order valence-electron chi connectivity index (χ1n) is 10.1. The number of carbonyl (C=O) groups is 1. The molecule has 0 atom stereocenters. The molecule has 0 saturated carbocycles. The molecule has 6 nitrogen and oxygen atoms in total. The number of guanidine groups is 1. The lowest BCUT2D eigenvalue weighted by Crippen LogP contribution is -2.46. The highest BCUT2D eigenvalue weighted by atomic mass is 127. The SMILES string of the molecule is CCNC(=NCc1ccc(COCC)cc1)N1CCC(CC(=O)NC)CC1.I. The van der Waals surface area contributed by atoms with Gasteiger partial charge in [-0.2, -0.15) is 0 Å². The van der Waals surface area contributed by atoms with Gasteiger partial charge < -0.3 is 20.3 Å². The molecule has 0 unspecified atom stereocenters. The van der Waals surface area contributed by atoms with Crippen LogP contribution in [0.2, 0.25) is 0 Å². The zero-order valence-corrected chi connectivity index (χ0v) is 19.7. The van der Waals surface area contributed by atoms with E-state index in [-0.39, 0.29) is 29.9 Å². The molecule has 28 heavy (non-hydrogen) atoms. The molecule has 0 bridgehead atoms. The van der Waals surface area contributed by atoms with Gasteiger partial charge in [-0.3, -0.25) is 4.79 Å². The van der Waals surface area contributed by atoms with Crippen LogP contribution in [0.5, 0.6) is 0 Å². The van der Waals surface area contributed by atoms with Crippen LogP contribution in [0, 0.1) is 5.92 Å². The van der Waals surface area contributed by atoms with E-state index in [2.05, 4.69) is 46.7 Å². The standard InChI is InChI=1S/C21H34N4O2.HI/c1-4-23-21(25-12-10-17(11-13-25)14-20(26)22-3)24-15-18-6-8-19(9-7-18)16-27-5-2;/h6-9,17H,4-5,10-16H2,1-3H3,(H,22,26)(H,23,24);1H. The van der Waals surface area contributed by atoms with Gasteiger partial charge in [-0.15, -0.1) is 24.0 Å². The van der Waals surface area contributed by atoms with Gasteiger partial charge in [0.25, 0.3) is 0 Å². The van der Waals surface area contributed by atoms with Crippen LogP contribution in [0.15, 0.2) is 29.3 Å². The van der Waals surface area contributed by atoms with Crippen LogP contribution < -0.4 is 10.6 Å². The van der Waals surface area contributed by atoms with Crippen LogP contribution in [0.1, 0.15) is 44.2 Å². The Morgan fingerprint density at radius 3 is 2.39 bits per heavy atom. The topological polar surface area (TPSA) is 66.0 Å². The molecule has 1 aromatic rings. The molecule has 158 valence electrons. The smallest absolute Gasteiger partial charge is 0.220 e. The Balaban J connectivity index is 0.00000392. The Labute approximate surface area is 186 Å². The number of ether oxygens (including phenoxy) is 1. The molecule has 0 aliphatic carbocycles. The van der Waals surface area contributed by atoms with E-state index in [0.29, 0.717) is 25.5 Å². The fraction of sp³-hybridized carbons (Fsp3) is 0.619. The Morgan fingerprint density at radius 2 is 1.82 bits per heavy atom. The van der Waals surface area contributed by atoms with Crippen LogP contribution in [-0.2, 0) is 22.7 Å². The fourth-order valence-electron chi connectivity index (χ4n) is 3.27. The normalized spacial score (nSPS) is 15.1. The van der Waals surface area contributed by atoms with Gasteiger partial charge in [0.1, 0.15) is 0 Å². The quantitative estimate of drug-likeness (QED) is 0.326. The van der Waals surface area contributed by atoms with Crippen LogP contribution in [-0.4, -0.2) is 50.1 Å². The lowest BCUT2D eigenvalue weighted by molar-refractivity contribution is -0.121. The fourth-order valence-corrected chi connectivity index (χ4v) is 3.27. The number of benzene rings is 1. The number of piperidine rings is 1. The molecule has 2 rings (SSSR count). The predicted octanol–water partition coefficient (Wildman–Crippen LogP) is 3.15. The molecule has 1 aliphatic heterocycles. The molecule has 0 aromatic heterocycles. The maximum atomic E-state index is 11.6. The third kappa shape index (κ3) is 8.34. The van der Waals surface area contributed by atoms with Gasteiger partial charge in [0.15, 0.2) is 5.96 Å². The second-order valence-corrected chi connectivity index (χ2v) is 6.93. The Kier molecular flexibility index (Phi) is 12.1. The molecule has 1 aromatic carbocycles. The molecule has 1 aliphatic rings. The highest BCUT2D eigenvalue weighted by molar-refractivity contribution is 14.0. The number of amides is 1. The Hall–Kier alpha value is -1.35. The number of likely N-dealkylation sites (tertiary alicyclic amines) is 1. The highest BCUT2D eigenvalue weighted by Crippen LogP contribution is 2.20. The highest BCUT2D eigenvalue weighted by Gasteiger charge is 2.23. The third-order valence-corrected chi connectivity index (χ3v) is 4.91. The lowest BCUT2D eigenvalue weighted by Gasteiger charge is -2.34. The molecule has 0 spiro atoms. The van der Waals surface area contributed by atoms with E-state index in [9.17, 15) is 4.79 Å². The summed E-state index contributed by atoms with van der Waals surface area (Å²) in [6.07, 6.45) is 2.69. The molecule has 2 N–H and O–H groups in total. The number of rotatable bonds is 8. The van der Waals surface area contributed by atoms with E-state index in [1.54, 1.807) is 7.05 Å². The molecule has 7 heteroatoms. The van der Waals surface area contributed by atoms with Crippen molar-refractivity contribution in [2.75, 3.05) is 33.3 Å². The van der Waals surface area contributed by atoms with Gasteiger partial charge in [0, 0.05) is 39.7 Å². The van der Waals surface area contributed by atoms with E-state index >= 15 is 0 Å². The minimum absolute atomic E-state index is 0. The molecule has 1 fully saturated rings. The number of aliphatic imine (C=N–C) groups is 1. The Morgan fingerprint density at radius 1 is 1.18 bits per heavy atom. The van der Waals surface area contributed by atoms with Crippen LogP contribution >= 0.6 is 24.0 Å². The first kappa shape index (κ1) is 24.7. The number of nitrogens with zero attached hydrogens (tertiary/aromatic N) is 2. The zero-order chi connectivity index (χ0) is 19.5. The number of carbonyl (C=O) groups excluding carboxylic acids is 1. The first-order valence-corrected chi connectivity index (χ1v) is 10.1. The van der Waals surface area contributed by atoms with Crippen molar-refractivity contribution in [3.63, 3.8) is 0 Å². The van der Waals surface area contributed by atoms with E-state index < -0.39 is 0 Å². The number of hydrogen-bond acceptors (Lipinski definition) is 3. The molecular formula is C21H35IN4O2. The molecule has 0 radical (unpaired) electrons. The van der Waals surface area contributed by atoms with E-state index in [1.807, 2.05) is 6.92 Å². The monoisotopic (exact) mass is 502 g/mol. The summed E-state index contributed by atoms with van der Waals surface area (Å²) in [4.78, 5) is 18.7. The summed E-state index contributed by atoms with van der Waals surface area (Å²) in [5.74, 6) is 1.58. The summed E-state index contributed by atoms with van der Waals surface area (Å²) in [5.41, 5.74) is 2.38. The summed E-state index contributed by atoms with van der Waals surface area (Å²) >= 11 is 0. The van der Waals surface area contributed by atoms with Crippen molar-refractivity contribution in [2.24, 2.45) is 10.9 Å². The number of hydrogen-bond donors (Lipinski definition) is 2. The van der Waals surface area contributed by atoms with Crippen LogP contribution in [0.25, 0.3) is 0 Å². The van der Waals surface area contributed by atoms with Crippen molar-refractivity contribution in [3.05, 3.63) is 35.4 Å². The maximum Gasteiger partial charge on any atom is 0.220 e. The summed E-state index contributed by atoms with van der Waals surface area (Å²) in [7, 11) is 1.71. The predicted molar refractivity (Wildman–Crippen MR) is 125 cm³/mol. The van der Waals surface area contributed by atoms with Gasteiger partial charge >= 0.3 is 0 Å². The minimum Gasteiger partial charge on any atom is -0.377 e. The summed E-state index contributed by atoms with van der Waals surface area (Å²) < 4.78 is 5.44. The average molecular weight is 502 g/mol. The largest absolute Gasteiger partial charge is 0.377 e. The van der Waals surface area contributed by atoms with E-state index in [4.69, 9.17) is 9.73 Å². The summed E-state index contributed by atoms with van der Waals surface area (Å²) in [5, 5.41) is 6.13. The van der Waals surface area contributed by atoms with Crippen LogP contribution in [0.3, 0.4) is 0 Å². The molecular weight excluding hydrogens is 467 g/mol. The lowest BCUT2D eigenvalue weighted by atomic mass is 9.93. The zero-order valence-electron chi connectivity index (χ0n) is 17.4. The van der Waals surface area contributed by atoms with Gasteiger partial charge in [0.05, 0.1) is 13.2 Å². The molecule has 1 saturated heterocycles. The first-order chi connectivity index (χ1) is 13.2. The van der Waals surface area contributed by atoms with E-state index in [0.717, 1.165) is 45.0 Å². The van der Waals surface area contributed by atoms with Crippen molar-refractivity contribution in [1.82, 2.24) is 15.5 Å². The second kappa shape index (κ2) is 13.8. The van der Waals surface area contributed by atoms with Crippen molar-refractivity contribution < 1.29 is 9.53 Å². The van der Waals surface area contributed by atoms with Gasteiger partial charge in [-0.25, -0.2) is 4.99 Å². The van der Waals surface area contributed by atoms with Crippen molar-refractivity contribution in [1.29, 1.82) is 0 Å². The average Bonchev–Trinajstić information content (AvgIpc) is 2.71. The van der Waals surface area contributed by atoms with Gasteiger partial charge in [-0.05, 0) is 43.7 Å². The van der Waals surface area contributed by atoms with Crippen LogP contribution in [0.4, 0.5) is 0 Å². The maximum absolute atomic E-state index is 11.6. The second-order valence-electron chi connectivity index (χ2n) is 6.93. The van der Waals surface area contributed by atoms with Gasteiger partial charge in [-0.1, -0.05) is 24.3 Å². The molecule has 1 amide bonds. The Bertz CT molecular complexity index is 599. The van der Waals surface area contributed by atoms with Gasteiger partial charge in [0.2, 0.25) is 5.91 Å². The number of halogens is 1. The third-order valence-electron chi connectivity index (χ3n) is 4.91. The summed E-state index contributed by atoms with van der Waals surface area (Å²) in [6.45, 7) is 8.90. The van der Waals surface area contributed by atoms with Crippen molar-refractivity contribution >= 4 is 35.8 Å². The summed E-state index contributed by atoms with van der Waals surface area (Å²) in [6, 6.07) is 8.46. The minimum atomic E-state index is 0. The van der Waals surface area contributed by atoms with Crippen molar-refractivity contribution in [2.45, 2.75) is 46.3 Å². The van der Waals surface area contributed by atoms with E-state index in [1.165, 1.54) is 11.1 Å². The van der Waals surface area contributed by atoms with Crippen molar-refractivity contribution in [3.8, 4) is 0 Å². The number of nitrogens with one attached hydrogen (secondary N) is 2. The molecule has 1 heterocycles.